The molecular weight excluding hydrogens is 178 g/mol. The van der Waals surface area contributed by atoms with Gasteiger partial charge in [0, 0.05) is 12.5 Å². The molecule has 0 spiro atoms. The van der Waals surface area contributed by atoms with Crippen LogP contribution in [0.25, 0.3) is 0 Å². The zero-order chi connectivity index (χ0) is 10.6. The molecule has 14 heavy (non-hydrogen) atoms. The average Bonchev–Trinajstić information content (AvgIpc) is 2.18. The van der Waals surface area contributed by atoms with Crippen LogP contribution in [0.4, 0.5) is 0 Å². The summed E-state index contributed by atoms with van der Waals surface area (Å²) >= 11 is 0. The highest BCUT2D eigenvalue weighted by Crippen LogP contribution is 2.20. The molecule has 0 radical (unpaired) electrons. The molecule has 1 aromatic rings. The number of amides is 1. The summed E-state index contributed by atoms with van der Waals surface area (Å²) in [7, 11) is 0. The molecule has 1 rings (SSSR count). The minimum Gasteiger partial charge on any atom is -0.367 e. The molecule has 1 atom stereocenters. The number of hydrogen-bond donors (Lipinski definition) is 2. The number of rotatable bonds is 3. The van der Waals surface area contributed by atoms with Gasteiger partial charge in [-0.05, 0) is 6.42 Å². The summed E-state index contributed by atoms with van der Waals surface area (Å²) in [4.78, 5) is 10.9. The second-order valence-corrected chi connectivity index (χ2v) is 3.26. The average molecular weight is 193 g/mol. The van der Waals surface area contributed by atoms with E-state index in [-0.39, 0.29) is 5.91 Å². The Hall–Kier alpha value is -1.35. The number of aliphatic hydroxyl groups is 1. The Balaban J connectivity index is 2.95. The van der Waals surface area contributed by atoms with Crippen LogP contribution in [-0.4, -0.2) is 11.0 Å². The van der Waals surface area contributed by atoms with Gasteiger partial charge in [-0.2, -0.15) is 0 Å². The summed E-state index contributed by atoms with van der Waals surface area (Å²) in [6, 6.07) is 9.11. The summed E-state index contributed by atoms with van der Waals surface area (Å²) in [6.45, 7) is 3.21. The predicted molar refractivity (Wildman–Crippen MR) is 54.4 cm³/mol. The van der Waals surface area contributed by atoms with E-state index in [9.17, 15) is 9.90 Å². The fourth-order valence-corrected chi connectivity index (χ4v) is 1.37. The van der Waals surface area contributed by atoms with Crippen molar-refractivity contribution < 1.29 is 9.90 Å². The van der Waals surface area contributed by atoms with Crippen LogP contribution in [0.5, 0.6) is 0 Å². The Morgan fingerprint density at radius 1 is 1.43 bits per heavy atom. The van der Waals surface area contributed by atoms with Gasteiger partial charge in [0.15, 0.2) is 5.72 Å². The number of carbonyl (C=O) groups is 1. The summed E-state index contributed by atoms with van der Waals surface area (Å²) in [5, 5.41) is 12.7. The van der Waals surface area contributed by atoms with Gasteiger partial charge in [0.1, 0.15) is 0 Å². The second-order valence-electron chi connectivity index (χ2n) is 3.26. The van der Waals surface area contributed by atoms with E-state index in [1.807, 2.05) is 25.1 Å². The van der Waals surface area contributed by atoms with Crippen LogP contribution in [0.2, 0.25) is 0 Å². The van der Waals surface area contributed by atoms with Crippen molar-refractivity contribution in [3.05, 3.63) is 35.9 Å². The van der Waals surface area contributed by atoms with Crippen molar-refractivity contribution in [1.29, 1.82) is 0 Å². The van der Waals surface area contributed by atoms with Crippen molar-refractivity contribution >= 4 is 5.91 Å². The first kappa shape index (κ1) is 10.7. The van der Waals surface area contributed by atoms with Crippen LogP contribution in [0.15, 0.2) is 30.3 Å². The maximum absolute atomic E-state index is 10.9. The molecule has 2 N–H and O–H groups in total. The minimum absolute atomic E-state index is 0.238. The van der Waals surface area contributed by atoms with Gasteiger partial charge in [-0.15, -0.1) is 0 Å². The highest BCUT2D eigenvalue weighted by molar-refractivity contribution is 5.73. The van der Waals surface area contributed by atoms with Gasteiger partial charge in [-0.1, -0.05) is 37.3 Å². The maximum atomic E-state index is 10.9. The Kier molecular flexibility index (Phi) is 3.25. The zero-order valence-corrected chi connectivity index (χ0v) is 8.45. The van der Waals surface area contributed by atoms with Gasteiger partial charge in [-0.3, -0.25) is 4.79 Å². The fraction of sp³-hybridized carbons (Fsp3) is 0.364. The minimum atomic E-state index is -1.24. The van der Waals surface area contributed by atoms with Crippen molar-refractivity contribution in [3.8, 4) is 0 Å². The van der Waals surface area contributed by atoms with Gasteiger partial charge < -0.3 is 10.4 Å². The maximum Gasteiger partial charge on any atom is 0.219 e. The highest BCUT2D eigenvalue weighted by atomic mass is 16.3. The van der Waals surface area contributed by atoms with Crippen molar-refractivity contribution in [3.63, 3.8) is 0 Å². The van der Waals surface area contributed by atoms with E-state index >= 15 is 0 Å². The molecule has 0 aliphatic heterocycles. The fourth-order valence-electron chi connectivity index (χ4n) is 1.37. The quantitative estimate of drug-likeness (QED) is 0.712. The molecule has 0 aliphatic carbocycles. The molecule has 3 nitrogen and oxygen atoms in total. The number of benzene rings is 1. The highest BCUT2D eigenvalue weighted by Gasteiger charge is 2.27. The van der Waals surface area contributed by atoms with E-state index in [0.717, 1.165) is 0 Å². The summed E-state index contributed by atoms with van der Waals surface area (Å²) in [5.41, 5.74) is -0.537. The smallest absolute Gasteiger partial charge is 0.219 e. The van der Waals surface area contributed by atoms with Crippen molar-refractivity contribution in [2.75, 3.05) is 0 Å². The monoisotopic (exact) mass is 193 g/mol. The molecule has 3 heteroatoms. The van der Waals surface area contributed by atoms with Crippen LogP contribution >= 0.6 is 0 Å². The third-order valence-electron chi connectivity index (χ3n) is 2.15. The predicted octanol–water partition coefficient (Wildman–Crippen LogP) is 1.38. The number of hydrogen-bond acceptors (Lipinski definition) is 2. The molecular formula is C11H15NO2. The van der Waals surface area contributed by atoms with Gasteiger partial charge >= 0.3 is 0 Å². The van der Waals surface area contributed by atoms with E-state index in [1.165, 1.54) is 6.92 Å². The molecule has 0 saturated carbocycles. The number of carbonyl (C=O) groups excluding carboxylic acids is 1. The Bertz CT molecular complexity index is 310. The van der Waals surface area contributed by atoms with Gasteiger partial charge in [0.25, 0.3) is 0 Å². The standard InChI is InChI=1S/C11H15NO2/c1-3-11(14,12-9(2)13)10-7-5-4-6-8-10/h4-8,14H,3H2,1-2H3,(H,12,13)/t11-/m1/s1. The van der Waals surface area contributed by atoms with Crippen LogP contribution < -0.4 is 5.32 Å². The third kappa shape index (κ3) is 2.33. The van der Waals surface area contributed by atoms with Crippen molar-refractivity contribution in [1.82, 2.24) is 5.32 Å². The summed E-state index contributed by atoms with van der Waals surface area (Å²) in [6.07, 6.45) is 0.441. The van der Waals surface area contributed by atoms with E-state index in [1.54, 1.807) is 12.1 Å². The van der Waals surface area contributed by atoms with Crippen LogP contribution in [0.1, 0.15) is 25.8 Å². The second kappa shape index (κ2) is 4.24. The molecule has 1 aromatic carbocycles. The molecule has 0 fully saturated rings. The SMILES string of the molecule is CC[C@](O)(NC(C)=O)c1ccccc1. The van der Waals surface area contributed by atoms with Crippen molar-refractivity contribution in [2.24, 2.45) is 0 Å². The Morgan fingerprint density at radius 3 is 2.43 bits per heavy atom. The lowest BCUT2D eigenvalue weighted by molar-refractivity contribution is -0.127. The van der Waals surface area contributed by atoms with Crippen molar-refractivity contribution in [2.45, 2.75) is 26.0 Å². The lowest BCUT2D eigenvalue weighted by Crippen LogP contribution is -2.44. The topological polar surface area (TPSA) is 49.3 Å². The first-order valence-corrected chi connectivity index (χ1v) is 4.65. The molecule has 0 saturated heterocycles. The first-order chi connectivity index (χ1) is 6.58. The Labute approximate surface area is 83.8 Å². The van der Waals surface area contributed by atoms with Gasteiger partial charge in [0.05, 0.1) is 0 Å². The molecule has 76 valence electrons. The van der Waals surface area contributed by atoms with E-state index in [4.69, 9.17) is 0 Å². The van der Waals surface area contributed by atoms with E-state index < -0.39 is 5.72 Å². The lowest BCUT2D eigenvalue weighted by Gasteiger charge is -2.27. The molecule has 0 aliphatic rings. The normalized spacial score (nSPS) is 14.5. The number of nitrogens with one attached hydrogen (secondary N) is 1. The van der Waals surface area contributed by atoms with E-state index in [0.29, 0.717) is 12.0 Å². The molecule has 0 bridgehead atoms. The van der Waals surface area contributed by atoms with Gasteiger partial charge in [-0.25, -0.2) is 0 Å². The zero-order valence-electron chi connectivity index (χ0n) is 8.45. The molecule has 0 heterocycles. The van der Waals surface area contributed by atoms with Gasteiger partial charge in [0.2, 0.25) is 5.91 Å². The summed E-state index contributed by atoms with van der Waals surface area (Å²) < 4.78 is 0. The largest absolute Gasteiger partial charge is 0.367 e. The lowest BCUT2D eigenvalue weighted by atomic mass is 10.0. The third-order valence-corrected chi connectivity index (χ3v) is 2.15. The van der Waals surface area contributed by atoms with E-state index in [2.05, 4.69) is 5.32 Å². The molecule has 0 aromatic heterocycles. The van der Waals surface area contributed by atoms with Crippen LogP contribution in [-0.2, 0) is 10.5 Å². The Morgan fingerprint density at radius 2 is 2.00 bits per heavy atom. The molecule has 0 unspecified atom stereocenters. The van der Waals surface area contributed by atoms with Crippen LogP contribution in [0, 0.1) is 0 Å². The summed E-state index contributed by atoms with van der Waals surface area (Å²) in [5.74, 6) is -0.238. The van der Waals surface area contributed by atoms with Crippen LogP contribution in [0.3, 0.4) is 0 Å². The first-order valence-electron chi connectivity index (χ1n) is 4.65. The molecule has 1 amide bonds.